The number of aromatic nitrogens is 10. The summed E-state index contributed by atoms with van der Waals surface area (Å²) in [5.74, 6) is 1.60. The largest absolute Gasteiger partial charge is 0.416 e. The zero-order valence-electron chi connectivity index (χ0n) is 35.4. The summed E-state index contributed by atoms with van der Waals surface area (Å²) < 4.78 is 80.9. The van der Waals surface area contributed by atoms with Crippen LogP contribution in [-0.2, 0) is 12.4 Å². The van der Waals surface area contributed by atoms with E-state index in [1.54, 1.807) is 40.5 Å². The third-order valence-corrected chi connectivity index (χ3v) is 10.9. The van der Waals surface area contributed by atoms with Gasteiger partial charge in [0, 0.05) is 58.0 Å². The summed E-state index contributed by atoms with van der Waals surface area (Å²) in [6, 6.07) is 16.6. The second-order valence-corrected chi connectivity index (χ2v) is 16.5. The molecule has 5 N–H and O–H groups in total. The van der Waals surface area contributed by atoms with Gasteiger partial charge < -0.3 is 21.7 Å². The van der Waals surface area contributed by atoms with E-state index in [-0.39, 0.29) is 40.4 Å². The minimum absolute atomic E-state index is 0.0926. The lowest BCUT2D eigenvalue weighted by Crippen LogP contribution is -2.12. The Kier molecular flexibility index (Phi) is 15.2. The minimum atomic E-state index is -4.44. The molecule has 0 fully saturated rings. The quantitative estimate of drug-likeness (QED) is 0.0755. The number of benzene rings is 2. The first-order chi connectivity index (χ1) is 30.7. The van der Waals surface area contributed by atoms with Crippen LogP contribution < -0.4 is 21.7 Å². The summed E-state index contributed by atoms with van der Waals surface area (Å²) in [4.78, 5) is 25.7. The van der Waals surface area contributed by atoms with Gasteiger partial charge in [-0.2, -0.15) is 56.5 Å². The molecular weight excluding hydrogens is 914 g/mol. The Labute approximate surface area is 382 Å². The van der Waals surface area contributed by atoms with Gasteiger partial charge in [0.05, 0.1) is 34.6 Å². The highest BCUT2D eigenvalue weighted by Crippen LogP contribution is 2.33. The molecule has 8 aromatic rings. The standard InChI is InChI=1S/C21H20F3N7S.C16H13ClF3N5.C5H8N2S/c1-12-9-13(2)31(30-12)20-28-17(26-14(3)19-25-7-8-32-19)11-18(29-20)27-16-6-4-5-15(10-16)21(22,23)24;1-9-6-10(2)25(24-9)15-22-13(17)8-14(23-15)21-12-5-3-4-11(7-12)16(18,19)20;1-4(6)5-7-2-3-8-5/h4-11,14H,1-3H3,(H2,26,27,28,29);3-8H,1-2H3,(H,21,22,23);2-4H,6H2,1H3. The molecule has 2 atom stereocenters. The molecular formula is C42H41ClF6N14S2. The molecule has 0 saturated heterocycles. The molecule has 0 bridgehead atoms. The van der Waals surface area contributed by atoms with E-state index in [9.17, 15) is 26.3 Å². The number of nitrogens with one attached hydrogen (secondary N) is 3. The molecule has 0 aliphatic carbocycles. The normalized spacial score (nSPS) is 12.3. The van der Waals surface area contributed by atoms with Gasteiger partial charge in [0.2, 0.25) is 0 Å². The molecule has 0 aliphatic heterocycles. The average molecular weight is 955 g/mol. The average Bonchev–Trinajstić information content (AvgIpc) is 4.07. The number of hydrogen-bond acceptors (Lipinski definition) is 14. The van der Waals surface area contributed by atoms with Gasteiger partial charge >= 0.3 is 12.4 Å². The number of rotatable bonds is 10. The lowest BCUT2D eigenvalue weighted by atomic mass is 10.2. The number of hydrogen-bond donors (Lipinski definition) is 4. The monoisotopic (exact) mass is 954 g/mol. The van der Waals surface area contributed by atoms with Gasteiger partial charge in [0.1, 0.15) is 32.6 Å². The maximum Gasteiger partial charge on any atom is 0.416 e. The Hall–Kier alpha value is -6.49. The fourth-order valence-corrected chi connectivity index (χ4v) is 7.35. The van der Waals surface area contributed by atoms with Crippen molar-refractivity contribution in [3.05, 3.63) is 145 Å². The van der Waals surface area contributed by atoms with Crippen molar-refractivity contribution in [1.29, 1.82) is 0 Å². The van der Waals surface area contributed by atoms with Gasteiger partial charge in [-0.25, -0.2) is 19.3 Å². The smallest absolute Gasteiger partial charge is 0.361 e. The highest BCUT2D eigenvalue weighted by atomic mass is 35.5. The summed E-state index contributed by atoms with van der Waals surface area (Å²) >= 11 is 9.12. The predicted octanol–water partition coefficient (Wildman–Crippen LogP) is 11.5. The molecule has 0 amide bonds. The van der Waals surface area contributed by atoms with Gasteiger partial charge in [0.25, 0.3) is 11.9 Å². The van der Waals surface area contributed by atoms with Crippen molar-refractivity contribution in [2.75, 3.05) is 16.0 Å². The van der Waals surface area contributed by atoms with Crippen LogP contribution in [0.1, 0.15) is 69.8 Å². The van der Waals surface area contributed by atoms with Crippen LogP contribution in [-0.4, -0.2) is 49.5 Å². The van der Waals surface area contributed by atoms with Crippen molar-refractivity contribution < 1.29 is 26.3 Å². The lowest BCUT2D eigenvalue weighted by Gasteiger charge is -2.15. The van der Waals surface area contributed by atoms with E-state index < -0.39 is 23.5 Å². The molecule has 0 radical (unpaired) electrons. The first-order valence-electron chi connectivity index (χ1n) is 19.4. The Balaban J connectivity index is 0.000000188. The highest BCUT2D eigenvalue weighted by molar-refractivity contribution is 7.09. The van der Waals surface area contributed by atoms with Crippen LogP contribution in [0, 0.1) is 27.7 Å². The fourth-order valence-electron chi connectivity index (χ4n) is 5.93. The van der Waals surface area contributed by atoms with Crippen LogP contribution in [0.3, 0.4) is 0 Å². The third kappa shape index (κ3) is 13.3. The highest BCUT2D eigenvalue weighted by Gasteiger charge is 2.31. The first-order valence-corrected chi connectivity index (χ1v) is 21.6. The predicted molar refractivity (Wildman–Crippen MR) is 241 cm³/mol. The molecule has 2 unspecified atom stereocenters. The number of aryl methyl sites for hydroxylation is 4. The van der Waals surface area contributed by atoms with Crippen LogP contribution in [0.4, 0.5) is 55.2 Å². The maximum absolute atomic E-state index is 13.1. The topological polar surface area (TPSA) is 175 Å². The van der Waals surface area contributed by atoms with Gasteiger partial charge in [-0.05, 0) is 90.1 Å². The number of nitrogens with zero attached hydrogens (tertiary/aromatic N) is 10. The van der Waals surface area contributed by atoms with Gasteiger partial charge in [-0.1, -0.05) is 23.7 Å². The Bertz CT molecular complexity index is 2810. The summed E-state index contributed by atoms with van der Waals surface area (Å²) in [7, 11) is 0. The lowest BCUT2D eigenvalue weighted by molar-refractivity contribution is -0.138. The molecule has 65 heavy (non-hydrogen) atoms. The van der Waals surface area contributed by atoms with Crippen molar-refractivity contribution >= 4 is 63.1 Å². The van der Waals surface area contributed by atoms with Gasteiger partial charge in [-0.3, -0.25) is 0 Å². The zero-order chi connectivity index (χ0) is 47.1. The van der Waals surface area contributed by atoms with Crippen molar-refractivity contribution in [1.82, 2.24) is 49.5 Å². The van der Waals surface area contributed by atoms with E-state index in [1.165, 1.54) is 40.3 Å². The van der Waals surface area contributed by atoms with E-state index in [1.807, 2.05) is 64.4 Å². The second-order valence-electron chi connectivity index (χ2n) is 14.3. The fraction of sp³-hybridized carbons (Fsp3) is 0.238. The summed E-state index contributed by atoms with van der Waals surface area (Å²) in [6.07, 6.45) is -5.37. The molecule has 6 aromatic heterocycles. The second kappa shape index (κ2) is 20.6. The van der Waals surface area contributed by atoms with E-state index in [2.05, 4.69) is 56.1 Å². The van der Waals surface area contributed by atoms with Gasteiger partial charge in [0.15, 0.2) is 0 Å². The molecule has 8 rings (SSSR count). The Morgan fingerprint density at radius 2 is 1.08 bits per heavy atom. The van der Waals surface area contributed by atoms with Crippen molar-refractivity contribution in [2.45, 2.75) is 66.0 Å². The summed E-state index contributed by atoms with van der Waals surface area (Å²) in [6.45, 7) is 11.3. The van der Waals surface area contributed by atoms with Crippen molar-refractivity contribution in [3.63, 3.8) is 0 Å². The number of nitrogens with two attached hydrogens (primary N) is 1. The molecule has 0 spiro atoms. The molecule has 2 aromatic carbocycles. The van der Waals surface area contributed by atoms with Crippen LogP contribution in [0.15, 0.2) is 96.0 Å². The van der Waals surface area contributed by atoms with Gasteiger partial charge in [-0.15, -0.1) is 22.7 Å². The molecule has 340 valence electrons. The molecule has 0 saturated carbocycles. The van der Waals surface area contributed by atoms with E-state index in [0.717, 1.165) is 57.1 Å². The molecule has 0 aliphatic rings. The van der Waals surface area contributed by atoms with Crippen LogP contribution >= 0.6 is 34.3 Å². The maximum atomic E-state index is 13.1. The van der Waals surface area contributed by atoms with E-state index in [0.29, 0.717) is 17.6 Å². The molecule has 14 nitrogen and oxygen atoms in total. The van der Waals surface area contributed by atoms with Crippen molar-refractivity contribution in [2.24, 2.45) is 5.73 Å². The van der Waals surface area contributed by atoms with Crippen molar-refractivity contribution in [3.8, 4) is 11.9 Å². The van der Waals surface area contributed by atoms with E-state index >= 15 is 0 Å². The number of thiazole rings is 2. The Morgan fingerprint density at radius 1 is 0.615 bits per heavy atom. The molecule has 6 heterocycles. The number of anilines is 5. The number of halogens is 7. The molecule has 23 heteroatoms. The zero-order valence-corrected chi connectivity index (χ0v) is 37.8. The summed E-state index contributed by atoms with van der Waals surface area (Å²) in [5, 5.41) is 23.6. The van der Waals surface area contributed by atoms with Crippen LogP contribution in [0.25, 0.3) is 11.9 Å². The van der Waals surface area contributed by atoms with E-state index in [4.69, 9.17) is 17.3 Å². The summed E-state index contributed by atoms with van der Waals surface area (Å²) in [5.41, 5.74) is 7.73. The van der Waals surface area contributed by atoms with Crippen LogP contribution in [0.5, 0.6) is 0 Å². The number of alkyl halides is 6. The first kappa shape index (κ1) is 48.0. The third-order valence-electron chi connectivity index (χ3n) is 8.75. The van der Waals surface area contributed by atoms with Crippen LogP contribution in [0.2, 0.25) is 5.15 Å². The Morgan fingerprint density at radius 3 is 1.49 bits per heavy atom. The minimum Gasteiger partial charge on any atom is -0.361 e. The SMILES string of the molecule is CC(N)c1nccs1.Cc1cc(C)n(-c2nc(Cl)cc(Nc3cccc(C(F)(F)F)c3)n2)n1.Cc1cc(C)n(-c2nc(Nc3cccc(C(F)(F)F)c3)cc(NC(C)c3nccs3)n2)n1.